The minimum Gasteiger partial charge on any atom is -0.354 e. The van der Waals surface area contributed by atoms with Gasteiger partial charge in [-0.2, -0.15) is 0 Å². The summed E-state index contributed by atoms with van der Waals surface area (Å²) in [5.41, 5.74) is 1.68. The van der Waals surface area contributed by atoms with Crippen LogP contribution >= 0.6 is 11.8 Å². The van der Waals surface area contributed by atoms with Gasteiger partial charge in [-0.3, -0.25) is 9.59 Å². The number of thioether (sulfide) groups is 1. The molecule has 0 aliphatic carbocycles. The lowest BCUT2D eigenvalue weighted by Crippen LogP contribution is -2.50. The molecule has 0 fully saturated rings. The summed E-state index contributed by atoms with van der Waals surface area (Å²) in [7, 11) is 0. The Hall–Kier alpha value is -2.41. The molecule has 1 N–H and O–H groups in total. The van der Waals surface area contributed by atoms with Crippen LogP contribution in [-0.2, 0) is 21.9 Å². The Bertz CT molecular complexity index is 842. The van der Waals surface area contributed by atoms with Crippen LogP contribution in [0.15, 0.2) is 48.5 Å². The highest BCUT2D eigenvalue weighted by Crippen LogP contribution is 2.18. The molecule has 1 atom stereocenters. The Morgan fingerprint density at radius 1 is 0.968 bits per heavy atom. The van der Waals surface area contributed by atoms with E-state index in [1.165, 1.54) is 36.0 Å². The lowest BCUT2D eigenvalue weighted by atomic mass is 10.1. The fraction of sp³-hybridized carbons (Fsp3) is 0.417. The maximum Gasteiger partial charge on any atom is 0.242 e. The van der Waals surface area contributed by atoms with E-state index in [4.69, 9.17) is 0 Å². The number of carbonyl (C=O) groups is 2. The Morgan fingerprint density at radius 2 is 1.52 bits per heavy atom. The molecule has 2 amide bonds. The van der Waals surface area contributed by atoms with Gasteiger partial charge in [-0.15, -0.1) is 11.8 Å². The molecule has 0 spiro atoms. The predicted octanol–water partition coefficient (Wildman–Crippen LogP) is 4.78. The molecule has 0 saturated carbocycles. The number of nitrogens with zero attached hydrogens (tertiary/aromatic N) is 1. The van der Waals surface area contributed by atoms with Crippen LogP contribution < -0.4 is 5.32 Å². The molecule has 0 radical (unpaired) electrons. The van der Waals surface area contributed by atoms with E-state index in [1.807, 2.05) is 20.8 Å². The van der Waals surface area contributed by atoms with E-state index < -0.39 is 6.04 Å². The number of benzene rings is 2. The maximum absolute atomic E-state index is 13.3. The number of carbonyl (C=O) groups excluding carboxylic acids is 2. The van der Waals surface area contributed by atoms with Gasteiger partial charge in [0.1, 0.15) is 17.7 Å². The molecule has 1 unspecified atom stereocenters. The van der Waals surface area contributed by atoms with Gasteiger partial charge in [0.05, 0.1) is 5.75 Å². The quantitative estimate of drug-likeness (QED) is 0.538. The van der Waals surface area contributed by atoms with Crippen molar-refractivity contribution in [3.8, 4) is 0 Å². The molecule has 2 rings (SSSR count). The summed E-state index contributed by atoms with van der Waals surface area (Å²) in [6.45, 7) is 6.65. The van der Waals surface area contributed by atoms with Crippen molar-refractivity contribution < 1.29 is 18.4 Å². The van der Waals surface area contributed by atoms with E-state index >= 15 is 0 Å². The van der Waals surface area contributed by atoms with Crippen LogP contribution in [0.5, 0.6) is 0 Å². The zero-order valence-electron chi connectivity index (χ0n) is 18.2. The standard InChI is InChI=1S/C24H30F2N2O2S/c1-4-22(24(30)27-13-17(2)3)28(14-18-5-9-20(25)10-6-18)23(29)16-31-15-19-7-11-21(26)12-8-19/h5-12,17,22H,4,13-16H2,1-3H3,(H,27,30). The molecule has 168 valence electrons. The van der Waals surface area contributed by atoms with Gasteiger partial charge in [0.15, 0.2) is 0 Å². The van der Waals surface area contributed by atoms with E-state index in [2.05, 4.69) is 5.32 Å². The third-order valence-electron chi connectivity index (χ3n) is 4.74. The average Bonchev–Trinajstić information content (AvgIpc) is 2.74. The number of halogens is 2. The third-order valence-corrected chi connectivity index (χ3v) is 5.73. The Morgan fingerprint density at radius 3 is 2.03 bits per heavy atom. The number of hydrogen-bond acceptors (Lipinski definition) is 3. The van der Waals surface area contributed by atoms with E-state index in [-0.39, 0.29) is 35.7 Å². The molecular formula is C24H30F2N2O2S. The molecule has 0 aliphatic rings. The van der Waals surface area contributed by atoms with Crippen molar-refractivity contribution in [1.29, 1.82) is 0 Å². The average molecular weight is 449 g/mol. The minimum atomic E-state index is -0.609. The van der Waals surface area contributed by atoms with Crippen LogP contribution in [0.4, 0.5) is 8.78 Å². The smallest absolute Gasteiger partial charge is 0.242 e. The van der Waals surface area contributed by atoms with Crippen molar-refractivity contribution in [3.05, 3.63) is 71.3 Å². The van der Waals surface area contributed by atoms with Crippen molar-refractivity contribution in [1.82, 2.24) is 10.2 Å². The van der Waals surface area contributed by atoms with Gasteiger partial charge < -0.3 is 10.2 Å². The molecule has 0 aromatic heterocycles. The van der Waals surface area contributed by atoms with E-state index in [1.54, 1.807) is 29.2 Å². The summed E-state index contributed by atoms with van der Waals surface area (Å²) in [6, 6.07) is 11.5. The zero-order chi connectivity index (χ0) is 22.8. The van der Waals surface area contributed by atoms with Crippen LogP contribution in [0.3, 0.4) is 0 Å². The maximum atomic E-state index is 13.3. The summed E-state index contributed by atoms with van der Waals surface area (Å²) < 4.78 is 26.4. The minimum absolute atomic E-state index is 0.164. The summed E-state index contributed by atoms with van der Waals surface area (Å²) in [5, 5.41) is 2.92. The van der Waals surface area contributed by atoms with E-state index in [9.17, 15) is 18.4 Å². The SMILES string of the molecule is CCC(C(=O)NCC(C)C)N(Cc1ccc(F)cc1)C(=O)CSCc1ccc(F)cc1. The van der Waals surface area contributed by atoms with Crippen LogP contribution in [-0.4, -0.2) is 35.1 Å². The van der Waals surface area contributed by atoms with Gasteiger partial charge in [0.2, 0.25) is 11.8 Å². The van der Waals surface area contributed by atoms with Crippen LogP contribution in [0.25, 0.3) is 0 Å². The van der Waals surface area contributed by atoms with Gasteiger partial charge in [0, 0.05) is 18.8 Å². The molecule has 2 aromatic rings. The summed E-state index contributed by atoms with van der Waals surface area (Å²) in [4.78, 5) is 27.5. The second-order valence-corrected chi connectivity index (χ2v) is 8.82. The first kappa shape index (κ1) is 24.9. The molecule has 0 aliphatic heterocycles. The Labute approximate surface area is 187 Å². The molecule has 4 nitrogen and oxygen atoms in total. The van der Waals surface area contributed by atoms with Crippen molar-refractivity contribution in [3.63, 3.8) is 0 Å². The number of amides is 2. The summed E-state index contributed by atoms with van der Waals surface area (Å²) >= 11 is 1.41. The molecule has 0 saturated heterocycles. The summed E-state index contributed by atoms with van der Waals surface area (Å²) in [5.74, 6) is 0.0538. The van der Waals surface area contributed by atoms with Crippen LogP contribution in [0.1, 0.15) is 38.3 Å². The monoisotopic (exact) mass is 448 g/mol. The Kier molecular flexibility index (Phi) is 9.98. The van der Waals surface area contributed by atoms with Gasteiger partial charge in [0.25, 0.3) is 0 Å². The largest absolute Gasteiger partial charge is 0.354 e. The second kappa shape index (κ2) is 12.4. The Balaban J connectivity index is 2.10. The number of hydrogen-bond donors (Lipinski definition) is 1. The molecule has 0 bridgehead atoms. The van der Waals surface area contributed by atoms with Gasteiger partial charge in [-0.05, 0) is 47.7 Å². The lowest BCUT2D eigenvalue weighted by molar-refractivity contribution is -0.139. The summed E-state index contributed by atoms with van der Waals surface area (Å²) in [6.07, 6.45) is 0.472. The normalized spacial score (nSPS) is 11.9. The molecule has 31 heavy (non-hydrogen) atoms. The third kappa shape index (κ3) is 8.32. The van der Waals surface area contributed by atoms with Crippen molar-refractivity contribution in [2.75, 3.05) is 12.3 Å². The van der Waals surface area contributed by atoms with Crippen molar-refractivity contribution in [2.24, 2.45) is 5.92 Å². The highest BCUT2D eigenvalue weighted by atomic mass is 32.2. The van der Waals surface area contributed by atoms with Gasteiger partial charge in [-0.25, -0.2) is 8.78 Å². The van der Waals surface area contributed by atoms with Crippen LogP contribution in [0, 0.1) is 17.6 Å². The van der Waals surface area contributed by atoms with Crippen LogP contribution in [0.2, 0.25) is 0 Å². The first-order valence-electron chi connectivity index (χ1n) is 10.4. The van der Waals surface area contributed by atoms with Gasteiger partial charge in [-0.1, -0.05) is 45.0 Å². The number of nitrogens with one attached hydrogen (secondary N) is 1. The zero-order valence-corrected chi connectivity index (χ0v) is 19.1. The van der Waals surface area contributed by atoms with E-state index in [0.29, 0.717) is 24.6 Å². The molecule has 2 aromatic carbocycles. The van der Waals surface area contributed by atoms with E-state index in [0.717, 1.165) is 11.1 Å². The fourth-order valence-corrected chi connectivity index (χ4v) is 3.92. The topological polar surface area (TPSA) is 49.4 Å². The molecule has 7 heteroatoms. The number of rotatable bonds is 11. The molecular weight excluding hydrogens is 418 g/mol. The van der Waals surface area contributed by atoms with Crippen molar-refractivity contribution in [2.45, 2.75) is 45.5 Å². The van der Waals surface area contributed by atoms with Crippen molar-refractivity contribution >= 4 is 23.6 Å². The highest BCUT2D eigenvalue weighted by molar-refractivity contribution is 7.99. The first-order chi connectivity index (χ1) is 14.8. The predicted molar refractivity (Wildman–Crippen MR) is 121 cm³/mol. The molecule has 0 heterocycles. The second-order valence-electron chi connectivity index (χ2n) is 7.83. The fourth-order valence-electron chi connectivity index (χ4n) is 3.05. The first-order valence-corrected chi connectivity index (χ1v) is 11.6. The highest BCUT2D eigenvalue weighted by Gasteiger charge is 2.28. The lowest BCUT2D eigenvalue weighted by Gasteiger charge is -2.31. The van der Waals surface area contributed by atoms with Gasteiger partial charge >= 0.3 is 0 Å².